The Morgan fingerprint density at radius 2 is 2.04 bits per heavy atom. The first-order valence-corrected chi connectivity index (χ1v) is 8.14. The lowest BCUT2D eigenvalue weighted by Crippen LogP contribution is -2.35. The molecule has 1 unspecified atom stereocenters. The molecule has 1 N–H and O–H groups in total. The molecule has 1 aliphatic heterocycles. The molecule has 138 valence electrons. The Kier molecular flexibility index (Phi) is 5.01. The number of carbonyl (C=O) groups is 1. The van der Waals surface area contributed by atoms with E-state index in [0.717, 1.165) is 11.6 Å². The number of aromatic nitrogens is 1. The predicted molar refractivity (Wildman–Crippen MR) is 90.0 cm³/mol. The van der Waals surface area contributed by atoms with Crippen molar-refractivity contribution in [1.82, 2.24) is 9.88 Å². The number of benzene rings is 1. The van der Waals surface area contributed by atoms with Crippen LogP contribution in [0.5, 0.6) is 5.88 Å². The van der Waals surface area contributed by atoms with Gasteiger partial charge in [0.2, 0.25) is 5.88 Å². The molecule has 1 fully saturated rings. The molecule has 26 heavy (non-hydrogen) atoms. The fourth-order valence-electron chi connectivity index (χ4n) is 2.74. The number of likely N-dealkylation sites (tertiary alicyclic amines) is 1. The van der Waals surface area contributed by atoms with Crippen molar-refractivity contribution in [3.05, 3.63) is 53.7 Å². The number of carbonyl (C=O) groups excluding carboxylic acids is 1. The first kappa shape index (κ1) is 18.0. The maximum absolute atomic E-state index is 13.0. The van der Waals surface area contributed by atoms with Crippen LogP contribution in [0.25, 0.3) is 0 Å². The van der Waals surface area contributed by atoms with Crippen LogP contribution in [0.3, 0.4) is 0 Å². The normalized spacial score (nSPS) is 17.2. The number of ether oxygens (including phenoxy) is 1. The number of halogens is 3. The fourth-order valence-corrected chi connectivity index (χ4v) is 2.74. The first-order valence-electron chi connectivity index (χ1n) is 8.14. The third-order valence-electron chi connectivity index (χ3n) is 4.08. The molecule has 1 saturated heterocycles. The van der Waals surface area contributed by atoms with Crippen molar-refractivity contribution in [2.75, 3.05) is 18.4 Å². The smallest absolute Gasteiger partial charge is 0.418 e. The molecular weight excluding hydrogens is 347 g/mol. The molecule has 0 bridgehead atoms. The van der Waals surface area contributed by atoms with Crippen LogP contribution in [0, 0.1) is 6.92 Å². The summed E-state index contributed by atoms with van der Waals surface area (Å²) >= 11 is 0. The second-order valence-electron chi connectivity index (χ2n) is 6.12. The fraction of sp³-hybridized carbons (Fsp3) is 0.333. The van der Waals surface area contributed by atoms with Crippen LogP contribution in [0.2, 0.25) is 0 Å². The van der Waals surface area contributed by atoms with E-state index < -0.39 is 17.8 Å². The van der Waals surface area contributed by atoms with E-state index in [1.807, 2.05) is 13.0 Å². The predicted octanol–water partition coefficient (Wildman–Crippen LogP) is 4.09. The molecule has 0 radical (unpaired) electrons. The summed E-state index contributed by atoms with van der Waals surface area (Å²) < 4.78 is 44.8. The summed E-state index contributed by atoms with van der Waals surface area (Å²) in [4.78, 5) is 17.9. The van der Waals surface area contributed by atoms with Crippen LogP contribution in [0.15, 0.2) is 42.6 Å². The number of amides is 2. The van der Waals surface area contributed by atoms with Crippen molar-refractivity contribution in [3.63, 3.8) is 0 Å². The van der Waals surface area contributed by atoms with Crippen molar-refractivity contribution < 1.29 is 22.7 Å². The van der Waals surface area contributed by atoms with E-state index in [1.165, 1.54) is 23.1 Å². The van der Waals surface area contributed by atoms with Crippen LogP contribution in [-0.2, 0) is 6.18 Å². The van der Waals surface area contributed by atoms with Crippen LogP contribution in [0.4, 0.5) is 23.7 Å². The molecule has 2 heterocycles. The lowest BCUT2D eigenvalue weighted by molar-refractivity contribution is -0.136. The second-order valence-corrected chi connectivity index (χ2v) is 6.12. The maximum atomic E-state index is 13.0. The van der Waals surface area contributed by atoms with Gasteiger partial charge >= 0.3 is 12.2 Å². The zero-order valence-electron chi connectivity index (χ0n) is 14.1. The quantitative estimate of drug-likeness (QED) is 0.891. The first-order chi connectivity index (χ1) is 12.3. The number of hydrogen-bond acceptors (Lipinski definition) is 3. The molecule has 0 saturated carbocycles. The Morgan fingerprint density at radius 1 is 1.27 bits per heavy atom. The molecule has 1 aromatic heterocycles. The van der Waals surface area contributed by atoms with Crippen molar-refractivity contribution in [2.45, 2.75) is 25.6 Å². The van der Waals surface area contributed by atoms with E-state index in [9.17, 15) is 18.0 Å². The Hall–Kier alpha value is -2.77. The van der Waals surface area contributed by atoms with Gasteiger partial charge in [0, 0.05) is 25.2 Å². The van der Waals surface area contributed by atoms with Crippen LogP contribution < -0.4 is 10.1 Å². The van der Waals surface area contributed by atoms with Gasteiger partial charge in [0.15, 0.2) is 0 Å². The summed E-state index contributed by atoms with van der Waals surface area (Å²) in [5.41, 5.74) is -0.119. The Labute approximate surface area is 148 Å². The molecule has 1 aromatic carbocycles. The highest BCUT2D eigenvalue weighted by molar-refractivity contribution is 5.90. The van der Waals surface area contributed by atoms with Crippen LogP contribution in [-0.4, -0.2) is 35.1 Å². The number of para-hydroxylation sites is 1. The summed E-state index contributed by atoms with van der Waals surface area (Å²) in [7, 11) is 0. The SMILES string of the molecule is Cc1ccc(OC2CCN(C(=O)Nc3ccccc3C(F)(F)F)C2)nc1. The number of aryl methyl sites for hydroxylation is 1. The van der Waals surface area contributed by atoms with Crippen molar-refractivity contribution in [1.29, 1.82) is 0 Å². The lowest BCUT2D eigenvalue weighted by atomic mass is 10.1. The Bertz CT molecular complexity index is 778. The summed E-state index contributed by atoms with van der Waals surface area (Å²) in [6.45, 7) is 2.60. The van der Waals surface area contributed by atoms with E-state index in [4.69, 9.17) is 4.74 Å². The Balaban J connectivity index is 1.61. The van der Waals surface area contributed by atoms with E-state index in [2.05, 4.69) is 10.3 Å². The number of nitrogens with one attached hydrogen (secondary N) is 1. The zero-order valence-corrected chi connectivity index (χ0v) is 14.1. The average Bonchev–Trinajstić information content (AvgIpc) is 3.05. The molecule has 0 aliphatic carbocycles. The van der Waals surface area contributed by atoms with Gasteiger partial charge in [-0.1, -0.05) is 18.2 Å². The number of urea groups is 1. The molecule has 2 aromatic rings. The summed E-state index contributed by atoms with van der Waals surface area (Å²) in [6, 6.07) is 7.95. The monoisotopic (exact) mass is 365 g/mol. The number of alkyl halides is 3. The minimum Gasteiger partial charge on any atom is -0.472 e. The highest BCUT2D eigenvalue weighted by Crippen LogP contribution is 2.34. The van der Waals surface area contributed by atoms with Gasteiger partial charge in [-0.3, -0.25) is 0 Å². The summed E-state index contributed by atoms with van der Waals surface area (Å²) in [5, 5.41) is 2.35. The number of hydrogen-bond donors (Lipinski definition) is 1. The van der Waals surface area contributed by atoms with E-state index >= 15 is 0 Å². The van der Waals surface area contributed by atoms with Crippen molar-refractivity contribution >= 4 is 11.7 Å². The molecule has 3 rings (SSSR count). The highest BCUT2D eigenvalue weighted by atomic mass is 19.4. The van der Waals surface area contributed by atoms with Gasteiger partial charge in [-0.05, 0) is 24.6 Å². The van der Waals surface area contributed by atoms with Gasteiger partial charge < -0.3 is 15.0 Å². The zero-order chi connectivity index (χ0) is 18.7. The van der Waals surface area contributed by atoms with Gasteiger partial charge in [-0.15, -0.1) is 0 Å². The number of anilines is 1. The molecule has 2 amide bonds. The molecule has 5 nitrogen and oxygen atoms in total. The highest BCUT2D eigenvalue weighted by Gasteiger charge is 2.34. The van der Waals surface area contributed by atoms with Gasteiger partial charge in [0.1, 0.15) is 6.10 Å². The summed E-state index contributed by atoms with van der Waals surface area (Å²) in [5.74, 6) is 0.463. The number of pyridine rings is 1. The van der Waals surface area contributed by atoms with Crippen molar-refractivity contribution in [3.8, 4) is 5.88 Å². The van der Waals surface area contributed by atoms with Gasteiger partial charge in [-0.2, -0.15) is 13.2 Å². The minimum absolute atomic E-state index is 0.242. The standard InChI is InChI=1S/C18H18F3N3O2/c1-12-6-7-16(22-10-12)26-13-8-9-24(11-13)17(25)23-15-5-3-2-4-14(15)18(19,20)21/h2-7,10,13H,8-9,11H2,1H3,(H,23,25). The largest absolute Gasteiger partial charge is 0.472 e. The van der Waals surface area contributed by atoms with E-state index in [1.54, 1.807) is 12.3 Å². The lowest BCUT2D eigenvalue weighted by Gasteiger charge is -2.19. The molecule has 1 aliphatic rings. The van der Waals surface area contributed by atoms with E-state index in [-0.39, 0.29) is 18.3 Å². The number of nitrogens with zero attached hydrogens (tertiary/aromatic N) is 2. The van der Waals surface area contributed by atoms with E-state index in [0.29, 0.717) is 18.8 Å². The molecule has 8 heteroatoms. The summed E-state index contributed by atoms with van der Waals surface area (Å²) in [6.07, 6.45) is -2.50. The van der Waals surface area contributed by atoms with Gasteiger partial charge in [0.25, 0.3) is 0 Å². The average molecular weight is 365 g/mol. The van der Waals surface area contributed by atoms with Crippen LogP contribution >= 0.6 is 0 Å². The third-order valence-corrected chi connectivity index (χ3v) is 4.08. The van der Waals surface area contributed by atoms with Crippen molar-refractivity contribution in [2.24, 2.45) is 0 Å². The number of rotatable bonds is 3. The van der Waals surface area contributed by atoms with Crippen LogP contribution in [0.1, 0.15) is 17.5 Å². The topological polar surface area (TPSA) is 54.5 Å². The molecule has 0 spiro atoms. The van der Waals surface area contributed by atoms with Gasteiger partial charge in [-0.25, -0.2) is 9.78 Å². The third kappa shape index (κ3) is 4.25. The van der Waals surface area contributed by atoms with Gasteiger partial charge in [0.05, 0.1) is 17.8 Å². The Morgan fingerprint density at radius 3 is 2.73 bits per heavy atom. The molecular formula is C18H18F3N3O2. The minimum atomic E-state index is -4.53. The second kappa shape index (κ2) is 7.23. The molecule has 1 atom stereocenters. The maximum Gasteiger partial charge on any atom is 0.418 e.